The van der Waals surface area contributed by atoms with E-state index in [-0.39, 0.29) is 23.8 Å². The molecule has 0 unspecified atom stereocenters. The first-order valence-corrected chi connectivity index (χ1v) is 10.5. The molecule has 32 heavy (non-hydrogen) atoms. The van der Waals surface area contributed by atoms with Crippen LogP contribution < -0.4 is 0 Å². The van der Waals surface area contributed by atoms with Crippen molar-refractivity contribution in [1.29, 1.82) is 0 Å². The Labute approximate surface area is 186 Å². The lowest BCUT2D eigenvalue weighted by Gasteiger charge is -2.10. The van der Waals surface area contributed by atoms with Crippen LogP contribution in [-0.2, 0) is 20.9 Å². The molecule has 1 fully saturated rings. The van der Waals surface area contributed by atoms with E-state index >= 15 is 0 Å². The summed E-state index contributed by atoms with van der Waals surface area (Å²) in [5.74, 6) is -2.03. The first-order valence-electron chi connectivity index (χ1n) is 9.68. The van der Waals surface area contributed by atoms with Crippen LogP contribution in [0.1, 0.15) is 28.8 Å². The quantitative estimate of drug-likeness (QED) is 0.425. The number of amides is 2. The zero-order valence-corrected chi connectivity index (χ0v) is 17.8. The van der Waals surface area contributed by atoms with E-state index in [1.807, 2.05) is 28.8 Å². The highest BCUT2D eigenvalue weighted by Gasteiger charge is 2.36. The van der Waals surface area contributed by atoms with Crippen LogP contribution in [-0.4, -0.2) is 50.8 Å². The van der Waals surface area contributed by atoms with Gasteiger partial charge in [0.2, 0.25) is 5.76 Å². The van der Waals surface area contributed by atoms with Gasteiger partial charge in [-0.05, 0) is 43.0 Å². The Morgan fingerprint density at radius 1 is 1.19 bits per heavy atom. The van der Waals surface area contributed by atoms with Crippen LogP contribution >= 0.6 is 11.8 Å². The number of para-hydroxylation sites is 1. The number of furan rings is 1. The van der Waals surface area contributed by atoms with Gasteiger partial charge in [0.25, 0.3) is 11.1 Å². The third-order valence-corrected chi connectivity index (χ3v) is 5.68. The maximum atomic E-state index is 12.7. The maximum Gasteiger partial charge on any atom is 0.371 e. The molecule has 4 rings (SSSR count). The number of hydrogen-bond donors (Lipinski definition) is 1. The lowest BCUT2D eigenvalue weighted by molar-refractivity contribution is -0.145. The van der Waals surface area contributed by atoms with Crippen molar-refractivity contribution in [3.8, 4) is 0 Å². The minimum atomic E-state index is -1.15. The summed E-state index contributed by atoms with van der Waals surface area (Å²) in [6, 6.07) is 10.5. The van der Waals surface area contributed by atoms with Gasteiger partial charge in [-0.1, -0.05) is 18.2 Å². The summed E-state index contributed by atoms with van der Waals surface area (Å²) in [6.07, 6.45) is 3.41. The molecule has 10 heteroatoms. The fraction of sp³-hybridized carbons (Fsp3) is 0.182. The number of carbonyl (C=O) groups is 4. The van der Waals surface area contributed by atoms with Crippen molar-refractivity contribution in [2.45, 2.75) is 13.5 Å². The molecule has 3 aromatic rings. The molecule has 0 bridgehead atoms. The Balaban J connectivity index is 1.64. The summed E-state index contributed by atoms with van der Waals surface area (Å²) < 4.78 is 12.0. The van der Waals surface area contributed by atoms with E-state index in [4.69, 9.17) is 14.3 Å². The molecule has 1 aromatic carbocycles. The first kappa shape index (κ1) is 21.4. The fourth-order valence-corrected chi connectivity index (χ4v) is 4.21. The monoisotopic (exact) mass is 454 g/mol. The molecular formula is C22H18N2O7S. The predicted octanol–water partition coefficient (Wildman–Crippen LogP) is 3.58. The number of aromatic carboxylic acids is 1. The van der Waals surface area contributed by atoms with E-state index in [0.29, 0.717) is 11.3 Å². The molecule has 1 aliphatic rings. The Hall–Kier alpha value is -3.79. The summed E-state index contributed by atoms with van der Waals surface area (Å²) in [5.41, 5.74) is 1.55. The number of thioether (sulfide) groups is 1. The van der Waals surface area contributed by atoms with Crippen molar-refractivity contribution < 1.29 is 33.4 Å². The van der Waals surface area contributed by atoms with Crippen molar-refractivity contribution in [3.05, 3.63) is 64.6 Å². The van der Waals surface area contributed by atoms with Crippen LogP contribution in [0.15, 0.2) is 51.9 Å². The van der Waals surface area contributed by atoms with E-state index in [2.05, 4.69) is 0 Å². The highest BCUT2D eigenvalue weighted by molar-refractivity contribution is 8.18. The molecule has 0 atom stereocenters. The van der Waals surface area contributed by atoms with Gasteiger partial charge in [-0.2, -0.15) is 0 Å². The van der Waals surface area contributed by atoms with Gasteiger partial charge in [0, 0.05) is 22.7 Å². The number of esters is 1. The van der Waals surface area contributed by atoms with Crippen LogP contribution in [0.3, 0.4) is 0 Å². The Morgan fingerprint density at radius 2 is 1.97 bits per heavy atom. The van der Waals surface area contributed by atoms with Gasteiger partial charge in [0.15, 0.2) is 0 Å². The standard InChI is InChI=1S/C22H18N2O7S/c1-2-30-19(25)12-24-20(26)18(32-22(24)29)9-13-10-23(16-6-4-3-5-15(13)16)11-14-7-8-17(31-14)21(27)28/h3-10H,2,11-12H2,1H3,(H,27,28). The van der Waals surface area contributed by atoms with E-state index in [0.717, 1.165) is 27.6 Å². The number of carbonyl (C=O) groups excluding carboxylic acids is 3. The molecule has 0 spiro atoms. The Morgan fingerprint density at radius 3 is 2.69 bits per heavy atom. The number of rotatable bonds is 7. The number of aromatic nitrogens is 1. The van der Waals surface area contributed by atoms with Crippen LogP contribution in [0.25, 0.3) is 17.0 Å². The van der Waals surface area contributed by atoms with Gasteiger partial charge in [0.05, 0.1) is 18.1 Å². The largest absolute Gasteiger partial charge is 0.475 e. The molecule has 1 saturated heterocycles. The van der Waals surface area contributed by atoms with Crippen molar-refractivity contribution in [2.24, 2.45) is 0 Å². The number of nitrogens with zero attached hydrogens (tertiary/aromatic N) is 2. The smallest absolute Gasteiger partial charge is 0.371 e. The van der Waals surface area contributed by atoms with Gasteiger partial charge in [-0.25, -0.2) is 4.79 Å². The molecule has 1 N–H and O–H groups in total. The second-order valence-corrected chi connectivity index (χ2v) is 7.87. The Bertz CT molecular complexity index is 1270. The number of imide groups is 1. The van der Waals surface area contributed by atoms with Crippen molar-refractivity contribution in [1.82, 2.24) is 9.47 Å². The van der Waals surface area contributed by atoms with Crippen LogP contribution in [0.2, 0.25) is 0 Å². The topological polar surface area (TPSA) is 119 Å². The van der Waals surface area contributed by atoms with Gasteiger partial charge < -0.3 is 18.8 Å². The summed E-state index contributed by atoms with van der Waals surface area (Å²) in [6.45, 7) is 1.66. The summed E-state index contributed by atoms with van der Waals surface area (Å²) >= 11 is 0.763. The summed E-state index contributed by atoms with van der Waals surface area (Å²) in [5, 5.41) is 9.36. The second-order valence-electron chi connectivity index (χ2n) is 6.87. The van der Waals surface area contributed by atoms with Crippen molar-refractivity contribution in [3.63, 3.8) is 0 Å². The van der Waals surface area contributed by atoms with Crippen LogP contribution in [0.4, 0.5) is 4.79 Å². The SMILES string of the molecule is CCOC(=O)CN1C(=O)SC(=Cc2cn(Cc3ccc(C(=O)O)o3)c3ccccc23)C1=O. The van der Waals surface area contributed by atoms with E-state index < -0.39 is 29.6 Å². The summed E-state index contributed by atoms with van der Waals surface area (Å²) in [4.78, 5) is 48.8. The molecule has 2 aromatic heterocycles. The molecule has 3 heterocycles. The average molecular weight is 454 g/mol. The molecule has 2 amide bonds. The number of hydrogen-bond acceptors (Lipinski definition) is 7. The van der Waals surface area contributed by atoms with Crippen molar-refractivity contribution in [2.75, 3.05) is 13.2 Å². The zero-order valence-electron chi connectivity index (χ0n) is 16.9. The van der Waals surface area contributed by atoms with Crippen LogP contribution in [0, 0.1) is 0 Å². The summed E-state index contributed by atoms with van der Waals surface area (Å²) in [7, 11) is 0. The minimum absolute atomic E-state index is 0.146. The molecule has 1 aliphatic heterocycles. The molecule has 164 valence electrons. The number of carboxylic acid groups (broad SMARTS) is 1. The minimum Gasteiger partial charge on any atom is -0.475 e. The third-order valence-electron chi connectivity index (χ3n) is 4.77. The molecular weight excluding hydrogens is 436 g/mol. The zero-order chi connectivity index (χ0) is 22.8. The lowest BCUT2D eigenvalue weighted by atomic mass is 10.1. The predicted molar refractivity (Wildman–Crippen MR) is 116 cm³/mol. The molecule has 0 aliphatic carbocycles. The van der Waals surface area contributed by atoms with Gasteiger partial charge in [-0.15, -0.1) is 0 Å². The number of ether oxygens (including phenoxy) is 1. The molecule has 0 radical (unpaired) electrons. The molecule has 0 saturated carbocycles. The van der Waals surface area contributed by atoms with Crippen molar-refractivity contribution >= 4 is 51.8 Å². The van der Waals surface area contributed by atoms with Gasteiger partial charge >= 0.3 is 11.9 Å². The van der Waals surface area contributed by atoms with Crippen LogP contribution in [0.5, 0.6) is 0 Å². The maximum absolute atomic E-state index is 12.7. The lowest BCUT2D eigenvalue weighted by Crippen LogP contribution is -2.34. The number of carboxylic acids is 1. The second kappa shape index (κ2) is 8.75. The van der Waals surface area contributed by atoms with E-state index in [1.54, 1.807) is 25.3 Å². The number of benzene rings is 1. The van der Waals surface area contributed by atoms with E-state index in [9.17, 15) is 19.2 Å². The highest BCUT2D eigenvalue weighted by Crippen LogP contribution is 2.34. The Kier molecular flexibility index (Phi) is 5.87. The number of fused-ring (bicyclic) bond motifs is 1. The third kappa shape index (κ3) is 4.17. The average Bonchev–Trinajstić information content (AvgIpc) is 3.43. The van der Waals surface area contributed by atoms with Gasteiger partial charge in [0.1, 0.15) is 12.3 Å². The fourth-order valence-electron chi connectivity index (χ4n) is 3.38. The first-order chi connectivity index (χ1) is 15.4. The highest BCUT2D eigenvalue weighted by atomic mass is 32.2. The van der Waals surface area contributed by atoms with Gasteiger partial charge in [-0.3, -0.25) is 19.3 Å². The molecule has 9 nitrogen and oxygen atoms in total. The normalized spacial score (nSPS) is 15.2. The van der Waals surface area contributed by atoms with E-state index in [1.165, 1.54) is 6.07 Å².